The van der Waals surface area contributed by atoms with E-state index in [0.717, 1.165) is 42.9 Å². The van der Waals surface area contributed by atoms with Gasteiger partial charge in [-0.25, -0.2) is 4.98 Å². The SMILES string of the molecule is Cc1cc(Nc2ncc(Cl)c(N)n2)c(OC(C)C)cc1C1CCN(CC(=O)O)CC1. The Kier molecular flexibility index (Phi) is 6.99. The number of ether oxygens (including phenoxy) is 1. The van der Waals surface area contributed by atoms with Crippen molar-refractivity contribution >= 4 is 35.0 Å². The molecule has 2 heterocycles. The molecule has 0 atom stereocenters. The number of anilines is 3. The Labute approximate surface area is 181 Å². The van der Waals surface area contributed by atoms with Crippen LogP contribution in [0.4, 0.5) is 17.5 Å². The molecular weight excluding hydrogens is 406 g/mol. The van der Waals surface area contributed by atoms with E-state index in [4.69, 9.17) is 27.2 Å². The molecule has 1 aliphatic heterocycles. The number of halogens is 1. The quantitative estimate of drug-likeness (QED) is 0.603. The van der Waals surface area contributed by atoms with Crippen LogP contribution in [-0.4, -0.2) is 51.7 Å². The van der Waals surface area contributed by atoms with Gasteiger partial charge in [-0.1, -0.05) is 11.6 Å². The van der Waals surface area contributed by atoms with Gasteiger partial charge >= 0.3 is 5.97 Å². The van der Waals surface area contributed by atoms with Gasteiger partial charge in [0.2, 0.25) is 5.95 Å². The number of piperidine rings is 1. The van der Waals surface area contributed by atoms with Crippen LogP contribution < -0.4 is 15.8 Å². The monoisotopic (exact) mass is 433 g/mol. The van der Waals surface area contributed by atoms with Gasteiger partial charge in [-0.3, -0.25) is 9.69 Å². The molecule has 2 aromatic rings. The highest BCUT2D eigenvalue weighted by Gasteiger charge is 2.24. The maximum Gasteiger partial charge on any atom is 0.317 e. The Hall–Kier alpha value is -2.58. The van der Waals surface area contributed by atoms with Crippen molar-refractivity contribution in [1.82, 2.24) is 14.9 Å². The van der Waals surface area contributed by atoms with Crippen molar-refractivity contribution < 1.29 is 14.6 Å². The number of aromatic nitrogens is 2. The van der Waals surface area contributed by atoms with Crippen molar-refractivity contribution in [3.63, 3.8) is 0 Å². The summed E-state index contributed by atoms with van der Waals surface area (Å²) in [7, 11) is 0. The molecule has 4 N–H and O–H groups in total. The van der Waals surface area contributed by atoms with Crippen LogP contribution in [0.25, 0.3) is 0 Å². The van der Waals surface area contributed by atoms with Crippen molar-refractivity contribution in [3.05, 3.63) is 34.5 Å². The molecule has 8 nitrogen and oxygen atoms in total. The molecule has 0 bridgehead atoms. The van der Waals surface area contributed by atoms with Gasteiger partial charge in [-0.2, -0.15) is 4.98 Å². The van der Waals surface area contributed by atoms with Gasteiger partial charge in [0.05, 0.1) is 24.5 Å². The normalized spacial score (nSPS) is 15.4. The van der Waals surface area contributed by atoms with Gasteiger partial charge < -0.3 is 20.9 Å². The molecule has 1 fully saturated rings. The second-order valence-electron chi connectivity index (χ2n) is 7.87. The molecule has 0 radical (unpaired) electrons. The van der Waals surface area contributed by atoms with E-state index in [-0.39, 0.29) is 18.5 Å². The number of aryl methyl sites for hydroxylation is 1. The van der Waals surface area contributed by atoms with Crippen LogP contribution in [0.5, 0.6) is 5.75 Å². The standard InChI is InChI=1S/C21H28ClN5O3/c1-12(2)30-18-9-15(14-4-6-27(7-5-14)11-19(28)29)13(3)8-17(18)25-21-24-10-16(22)20(23)26-21/h8-10,12,14H,4-7,11H2,1-3H3,(H,28,29)(H3,23,24,25,26). The lowest BCUT2D eigenvalue weighted by atomic mass is 9.86. The Morgan fingerprint density at radius 1 is 1.40 bits per heavy atom. The second-order valence-corrected chi connectivity index (χ2v) is 8.27. The summed E-state index contributed by atoms with van der Waals surface area (Å²) >= 11 is 5.92. The van der Waals surface area contributed by atoms with Crippen molar-refractivity contribution in [1.29, 1.82) is 0 Å². The highest BCUT2D eigenvalue weighted by molar-refractivity contribution is 6.32. The van der Waals surface area contributed by atoms with E-state index < -0.39 is 5.97 Å². The average Bonchev–Trinajstić information content (AvgIpc) is 2.67. The third-order valence-electron chi connectivity index (χ3n) is 5.13. The van der Waals surface area contributed by atoms with Crippen LogP contribution in [0.1, 0.15) is 43.7 Å². The molecule has 1 aliphatic rings. The van der Waals surface area contributed by atoms with Gasteiger partial charge in [-0.05, 0) is 75.9 Å². The lowest BCUT2D eigenvalue weighted by Crippen LogP contribution is -2.36. The van der Waals surface area contributed by atoms with E-state index >= 15 is 0 Å². The predicted molar refractivity (Wildman–Crippen MR) is 118 cm³/mol. The minimum Gasteiger partial charge on any atom is -0.489 e. The van der Waals surface area contributed by atoms with E-state index in [1.54, 1.807) is 0 Å². The molecular formula is C21H28ClN5O3. The van der Waals surface area contributed by atoms with Gasteiger partial charge in [0.25, 0.3) is 0 Å². The summed E-state index contributed by atoms with van der Waals surface area (Å²) in [5.74, 6) is 0.857. The summed E-state index contributed by atoms with van der Waals surface area (Å²) in [4.78, 5) is 21.3. The third kappa shape index (κ3) is 5.52. The van der Waals surface area contributed by atoms with Crippen molar-refractivity contribution in [2.75, 3.05) is 30.7 Å². The third-order valence-corrected chi connectivity index (χ3v) is 5.43. The molecule has 0 aliphatic carbocycles. The number of rotatable bonds is 7. The molecule has 0 amide bonds. The number of carbonyl (C=O) groups is 1. The number of aliphatic carboxylic acids is 1. The van der Waals surface area contributed by atoms with Crippen LogP contribution in [0.3, 0.4) is 0 Å². The Balaban J connectivity index is 1.84. The van der Waals surface area contributed by atoms with Gasteiger partial charge in [0.15, 0.2) is 0 Å². The number of nitrogens with zero attached hydrogens (tertiary/aromatic N) is 3. The van der Waals surface area contributed by atoms with Crippen LogP contribution in [0.15, 0.2) is 18.3 Å². The van der Waals surface area contributed by atoms with E-state index in [1.807, 2.05) is 24.8 Å². The molecule has 3 rings (SSSR count). The summed E-state index contributed by atoms with van der Waals surface area (Å²) in [6.45, 7) is 7.67. The second kappa shape index (κ2) is 9.49. The molecule has 30 heavy (non-hydrogen) atoms. The van der Waals surface area contributed by atoms with Gasteiger partial charge in [-0.15, -0.1) is 0 Å². The average molecular weight is 434 g/mol. The fraction of sp³-hybridized carbons (Fsp3) is 0.476. The van der Waals surface area contributed by atoms with Crippen LogP contribution in [0, 0.1) is 6.92 Å². The molecule has 0 saturated carbocycles. The van der Waals surface area contributed by atoms with Crippen molar-refractivity contribution in [3.8, 4) is 5.75 Å². The largest absolute Gasteiger partial charge is 0.489 e. The van der Waals surface area contributed by atoms with Gasteiger partial charge in [0.1, 0.15) is 16.6 Å². The molecule has 162 valence electrons. The van der Waals surface area contributed by atoms with Gasteiger partial charge in [0, 0.05) is 0 Å². The minimum atomic E-state index is -0.780. The Morgan fingerprint density at radius 2 is 2.10 bits per heavy atom. The Morgan fingerprint density at radius 3 is 2.70 bits per heavy atom. The van der Waals surface area contributed by atoms with Crippen molar-refractivity contribution in [2.45, 2.75) is 45.6 Å². The summed E-state index contributed by atoms with van der Waals surface area (Å²) in [6.07, 6.45) is 3.29. The first kappa shape index (κ1) is 22.1. The number of likely N-dealkylation sites (tertiary alicyclic amines) is 1. The lowest BCUT2D eigenvalue weighted by Gasteiger charge is -2.32. The minimum absolute atomic E-state index is 0.00488. The summed E-state index contributed by atoms with van der Waals surface area (Å²) in [5, 5.41) is 12.5. The number of nitrogens with two attached hydrogens (primary N) is 1. The number of nitrogens with one attached hydrogen (secondary N) is 1. The number of hydrogen-bond donors (Lipinski definition) is 3. The van der Waals surface area contributed by atoms with Crippen LogP contribution in [-0.2, 0) is 4.79 Å². The first-order chi connectivity index (χ1) is 14.2. The fourth-order valence-electron chi connectivity index (χ4n) is 3.75. The van der Waals surface area contributed by atoms with E-state index in [9.17, 15) is 4.79 Å². The summed E-state index contributed by atoms with van der Waals surface area (Å²) in [5.41, 5.74) is 8.91. The van der Waals surface area contributed by atoms with E-state index in [2.05, 4.69) is 28.3 Å². The lowest BCUT2D eigenvalue weighted by molar-refractivity contribution is -0.138. The Bertz CT molecular complexity index is 914. The van der Waals surface area contributed by atoms with Crippen molar-refractivity contribution in [2.24, 2.45) is 0 Å². The molecule has 9 heteroatoms. The number of hydrogen-bond acceptors (Lipinski definition) is 7. The summed E-state index contributed by atoms with van der Waals surface area (Å²) in [6, 6.07) is 4.11. The topological polar surface area (TPSA) is 114 Å². The first-order valence-electron chi connectivity index (χ1n) is 10.0. The van der Waals surface area contributed by atoms with E-state index in [1.165, 1.54) is 11.8 Å². The fourth-order valence-corrected chi connectivity index (χ4v) is 3.84. The van der Waals surface area contributed by atoms with E-state index in [0.29, 0.717) is 16.9 Å². The number of benzene rings is 1. The molecule has 1 saturated heterocycles. The molecule has 1 aromatic heterocycles. The molecule has 1 aromatic carbocycles. The zero-order valence-corrected chi connectivity index (χ0v) is 18.2. The maximum atomic E-state index is 11.0. The van der Waals surface area contributed by atoms with Crippen LogP contribution >= 0.6 is 11.6 Å². The zero-order chi connectivity index (χ0) is 21.8. The smallest absolute Gasteiger partial charge is 0.317 e. The zero-order valence-electron chi connectivity index (χ0n) is 17.5. The highest BCUT2D eigenvalue weighted by atomic mass is 35.5. The van der Waals surface area contributed by atoms with Crippen LogP contribution in [0.2, 0.25) is 5.02 Å². The maximum absolute atomic E-state index is 11.0. The molecule has 0 spiro atoms. The number of carboxylic acid groups (broad SMARTS) is 1. The summed E-state index contributed by atoms with van der Waals surface area (Å²) < 4.78 is 6.07. The number of carboxylic acids is 1. The predicted octanol–water partition coefficient (Wildman–Crippen LogP) is 3.82. The first-order valence-corrected chi connectivity index (χ1v) is 10.4. The number of nitrogen functional groups attached to an aromatic ring is 1. The molecule has 0 unspecified atom stereocenters. The highest BCUT2D eigenvalue weighted by Crippen LogP contribution is 2.38.